The molecule has 0 bridgehead atoms. The first-order valence-corrected chi connectivity index (χ1v) is 21.1. The third-order valence-corrected chi connectivity index (χ3v) is 12.1. The second-order valence-electron chi connectivity index (χ2n) is 16.0. The van der Waals surface area contributed by atoms with Crippen LogP contribution in [-0.4, -0.2) is 35.4 Å². The number of phenols is 2. The molecule has 4 heteroatoms. The predicted molar refractivity (Wildman–Crippen MR) is 248 cm³/mol. The van der Waals surface area contributed by atoms with E-state index in [1.807, 2.05) is 36.4 Å². The molecule has 0 amide bonds. The van der Waals surface area contributed by atoms with Crippen molar-refractivity contribution in [3.05, 3.63) is 273 Å². The van der Waals surface area contributed by atoms with Crippen molar-refractivity contribution in [2.24, 2.45) is 0 Å². The molecule has 0 spiro atoms. The number of aryl methyl sites for hydroxylation is 2. The first-order chi connectivity index (χ1) is 29.9. The number of aromatic hydroxyl groups is 2. The van der Waals surface area contributed by atoms with Crippen LogP contribution in [-0.2, 0) is 28.7 Å². The molecule has 0 radical (unpaired) electrons. The molecule has 0 aliphatic carbocycles. The van der Waals surface area contributed by atoms with Crippen molar-refractivity contribution in [3.8, 4) is 11.5 Å². The fraction of sp³-hybridized carbons (Fsp3) is 0.158. The monoisotopic (exact) mass is 799 g/mol. The van der Waals surface area contributed by atoms with Gasteiger partial charge in [0.2, 0.25) is 0 Å². The standard InChI is InChI=1S/C57H53NO3/c1-42-36-44(54(59)52(38-42)56(46-22-10-4-11-23-46,47-24-12-5-13-25-47)48-26-14-6-15-27-48)40-58(34-35-61-3)41-45-37-43(2)39-53(55(45)60)57(49-28-16-7-17-29-49,50-30-18-8-19-31-50)51-32-20-9-21-33-51/h4-33,36-39,59-60H,34-35,40-41H2,1-3H3. The minimum absolute atomic E-state index is 0.245. The molecule has 4 nitrogen and oxygen atoms in total. The minimum Gasteiger partial charge on any atom is -0.507 e. The topological polar surface area (TPSA) is 52.9 Å². The zero-order valence-electron chi connectivity index (χ0n) is 35.2. The summed E-state index contributed by atoms with van der Waals surface area (Å²) in [5.41, 5.74) is 10.1. The van der Waals surface area contributed by atoms with Crippen LogP contribution >= 0.6 is 0 Å². The van der Waals surface area contributed by atoms with Crippen molar-refractivity contribution in [1.29, 1.82) is 0 Å². The zero-order chi connectivity index (χ0) is 42.2. The Balaban J connectivity index is 1.28. The second kappa shape index (κ2) is 18.3. The number of methoxy groups -OCH3 is 1. The van der Waals surface area contributed by atoms with E-state index in [2.05, 4.69) is 189 Å². The van der Waals surface area contributed by atoms with E-state index in [4.69, 9.17) is 4.74 Å². The molecule has 304 valence electrons. The fourth-order valence-corrected chi connectivity index (χ4v) is 9.50. The molecule has 0 saturated carbocycles. The number of hydrogen-bond donors (Lipinski definition) is 2. The van der Waals surface area contributed by atoms with E-state index in [-0.39, 0.29) is 11.5 Å². The van der Waals surface area contributed by atoms with Gasteiger partial charge in [-0.25, -0.2) is 0 Å². The Bertz CT molecular complexity index is 2270. The first-order valence-electron chi connectivity index (χ1n) is 21.1. The summed E-state index contributed by atoms with van der Waals surface area (Å²) in [4.78, 5) is 2.27. The van der Waals surface area contributed by atoms with Crippen LogP contribution in [0.4, 0.5) is 0 Å². The predicted octanol–water partition coefficient (Wildman–Crippen LogP) is 12.1. The molecule has 0 fully saturated rings. The Morgan fingerprint density at radius 1 is 0.410 bits per heavy atom. The average molecular weight is 800 g/mol. The van der Waals surface area contributed by atoms with Gasteiger partial charge < -0.3 is 14.9 Å². The molecule has 61 heavy (non-hydrogen) atoms. The lowest BCUT2D eigenvalue weighted by Crippen LogP contribution is -2.32. The average Bonchev–Trinajstić information content (AvgIpc) is 3.31. The highest BCUT2D eigenvalue weighted by molar-refractivity contribution is 5.66. The number of ether oxygens (including phenoxy) is 1. The van der Waals surface area contributed by atoms with Gasteiger partial charge in [-0.2, -0.15) is 0 Å². The highest BCUT2D eigenvalue weighted by Crippen LogP contribution is 2.51. The molecule has 2 N–H and O–H groups in total. The third-order valence-electron chi connectivity index (χ3n) is 12.1. The van der Waals surface area contributed by atoms with E-state index in [0.29, 0.717) is 26.2 Å². The van der Waals surface area contributed by atoms with Gasteiger partial charge in [0.1, 0.15) is 11.5 Å². The van der Waals surface area contributed by atoms with Crippen LogP contribution in [0, 0.1) is 13.8 Å². The summed E-state index contributed by atoms with van der Waals surface area (Å²) < 4.78 is 5.69. The van der Waals surface area contributed by atoms with Gasteiger partial charge in [-0.1, -0.05) is 217 Å². The molecular weight excluding hydrogens is 747 g/mol. The molecule has 0 aliphatic rings. The van der Waals surface area contributed by atoms with E-state index in [1.165, 1.54) is 0 Å². The summed E-state index contributed by atoms with van der Waals surface area (Å²) in [6, 6.07) is 71.4. The van der Waals surface area contributed by atoms with Crippen LogP contribution in [0.1, 0.15) is 66.8 Å². The molecule has 8 aromatic carbocycles. The SMILES string of the molecule is COCCN(Cc1cc(C)cc(C(c2ccccc2)(c2ccccc2)c2ccccc2)c1O)Cc1cc(C)cc(C(c2ccccc2)(c2ccccc2)c2ccccc2)c1O. The Morgan fingerprint density at radius 2 is 0.672 bits per heavy atom. The lowest BCUT2D eigenvalue weighted by molar-refractivity contribution is 0.138. The summed E-state index contributed by atoms with van der Waals surface area (Å²) in [5.74, 6) is 0.491. The lowest BCUT2D eigenvalue weighted by atomic mass is 9.64. The number of benzene rings is 8. The van der Waals surface area contributed by atoms with Crippen molar-refractivity contribution in [3.63, 3.8) is 0 Å². The normalized spacial score (nSPS) is 11.8. The summed E-state index contributed by atoms with van der Waals surface area (Å²) in [6.45, 7) is 6.09. The fourth-order valence-electron chi connectivity index (χ4n) is 9.50. The van der Waals surface area contributed by atoms with Gasteiger partial charge in [0.15, 0.2) is 0 Å². The maximum Gasteiger partial charge on any atom is 0.124 e. The molecule has 0 aliphatic heterocycles. The van der Waals surface area contributed by atoms with Gasteiger partial charge in [0, 0.05) is 49.0 Å². The van der Waals surface area contributed by atoms with Crippen LogP contribution in [0.25, 0.3) is 0 Å². The van der Waals surface area contributed by atoms with E-state index >= 15 is 0 Å². The highest BCUT2D eigenvalue weighted by Gasteiger charge is 2.42. The van der Waals surface area contributed by atoms with Crippen molar-refractivity contribution in [2.75, 3.05) is 20.3 Å². The Hall–Kier alpha value is -6.72. The van der Waals surface area contributed by atoms with Crippen LogP contribution in [0.15, 0.2) is 206 Å². The van der Waals surface area contributed by atoms with Gasteiger partial charge in [-0.15, -0.1) is 0 Å². The smallest absolute Gasteiger partial charge is 0.124 e. The van der Waals surface area contributed by atoms with Crippen molar-refractivity contribution in [1.82, 2.24) is 4.90 Å². The maximum absolute atomic E-state index is 12.8. The van der Waals surface area contributed by atoms with Crippen molar-refractivity contribution >= 4 is 0 Å². The van der Waals surface area contributed by atoms with Crippen LogP contribution in [0.5, 0.6) is 11.5 Å². The van der Waals surface area contributed by atoms with E-state index in [9.17, 15) is 10.2 Å². The quantitative estimate of drug-likeness (QED) is 0.101. The summed E-state index contributed by atoms with van der Waals surface area (Å²) >= 11 is 0. The number of nitrogens with zero attached hydrogens (tertiary/aromatic N) is 1. The van der Waals surface area contributed by atoms with E-state index < -0.39 is 10.8 Å². The molecule has 0 aromatic heterocycles. The first kappa shape index (κ1) is 41.0. The molecule has 0 atom stereocenters. The van der Waals surface area contributed by atoms with Gasteiger partial charge in [-0.05, 0) is 47.2 Å². The number of hydrogen-bond acceptors (Lipinski definition) is 4. The molecular formula is C57H53NO3. The summed E-state index contributed by atoms with van der Waals surface area (Å²) in [6.07, 6.45) is 0. The van der Waals surface area contributed by atoms with Crippen LogP contribution in [0.3, 0.4) is 0 Å². The van der Waals surface area contributed by atoms with Gasteiger partial charge >= 0.3 is 0 Å². The van der Waals surface area contributed by atoms with Crippen molar-refractivity contribution < 1.29 is 14.9 Å². The largest absolute Gasteiger partial charge is 0.507 e. The van der Waals surface area contributed by atoms with Crippen LogP contribution in [0.2, 0.25) is 0 Å². The van der Waals surface area contributed by atoms with Gasteiger partial charge in [0.25, 0.3) is 0 Å². The Kier molecular flexibility index (Phi) is 12.3. The van der Waals surface area contributed by atoms with Crippen molar-refractivity contribution in [2.45, 2.75) is 37.8 Å². The number of phenolic OH excluding ortho intramolecular Hbond substituents is 2. The molecule has 8 rings (SSSR count). The van der Waals surface area contributed by atoms with E-state index in [0.717, 1.165) is 66.8 Å². The lowest BCUT2D eigenvalue weighted by Gasteiger charge is -2.38. The third kappa shape index (κ3) is 7.89. The summed E-state index contributed by atoms with van der Waals surface area (Å²) in [5, 5.41) is 25.6. The van der Waals surface area contributed by atoms with Gasteiger partial charge in [-0.3, -0.25) is 4.90 Å². The van der Waals surface area contributed by atoms with E-state index in [1.54, 1.807) is 7.11 Å². The second-order valence-corrected chi connectivity index (χ2v) is 16.0. The van der Waals surface area contributed by atoms with Gasteiger partial charge in [0.05, 0.1) is 17.4 Å². The Labute approximate surface area is 361 Å². The minimum atomic E-state index is -0.814. The molecule has 0 saturated heterocycles. The zero-order valence-corrected chi connectivity index (χ0v) is 35.2. The van der Waals surface area contributed by atoms with Crippen LogP contribution < -0.4 is 0 Å². The number of rotatable bonds is 15. The molecule has 8 aromatic rings. The highest BCUT2D eigenvalue weighted by atomic mass is 16.5. The molecule has 0 unspecified atom stereocenters. The summed E-state index contributed by atoms with van der Waals surface area (Å²) in [7, 11) is 1.71. The maximum atomic E-state index is 12.8. The Morgan fingerprint density at radius 3 is 0.918 bits per heavy atom. The molecule has 0 heterocycles.